The molecule has 2 aliphatic rings. The summed E-state index contributed by atoms with van der Waals surface area (Å²) in [5, 5.41) is 0. The topological polar surface area (TPSA) is 44.8 Å². The standard InChI is InChI=1S/C14H15FO4/c1-17-12(16)14(8-19-9-14)13(6-18-7-13)10-3-2-4-11(15)5-10/h2-5H,6-9H2,1H3. The fourth-order valence-corrected chi connectivity index (χ4v) is 2.90. The molecule has 3 rings (SSSR count). The van der Waals surface area contributed by atoms with Crippen LogP contribution in [0.15, 0.2) is 24.3 Å². The van der Waals surface area contributed by atoms with Gasteiger partial charge in [0.1, 0.15) is 11.2 Å². The van der Waals surface area contributed by atoms with Gasteiger partial charge in [0, 0.05) is 0 Å². The second-order valence-electron chi connectivity index (χ2n) is 5.15. The summed E-state index contributed by atoms with van der Waals surface area (Å²) in [5.74, 6) is -0.629. The van der Waals surface area contributed by atoms with Crippen LogP contribution in [0.3, 0.4) is 0 Å². The van der Waals surface area contributed by atoms with Crippen LogP contribution in [0.25, 0.3) is 0 Å². The lowest BCUT2D eigenvalue weighted by molar-refractivity contribution is -0.238. The molecule has 2 fully saturated rings. The molecular weight excluding hydrogens is 251 g/mol. The molecule has 0 N–H and O–H groups in total. The van der Waals surface area contributed by atoms with Gasteiger partial charge in [0.15, 0.2) is 0 Å². The first-order valence-corrected chi connectivity index (χ1v) is 6.15. The SMILES string of the molecule is COC(=O)C1(C2(c3cccc(F)c3)COC2)COC1. The molecule has 5 heteroatoms. The van der Waals surface area contributed by atoms with Crippen LogP contribution in [-0.2, 0) is 24.4 Å². The maximum atomic E-state index is 13.5. The summed E-state index contributed by atoms with van der Waals surface area (Å²) >= 11 is 0. The van der Waals surface area contributed by atoms with Crippen LogP contribution in [0.5, 0.6) is 0 Å². The normalized spacial score (nSPS) is 23.1. The van der Waals surface area contributed by atoms with Gasteiger partial charge in [-0.15, -0.1) is 0 Å². The Morgan fingerprint density at radius 1 is 1.26 bits per heavy atom. The third-order valence-electron chi connectivity index (χ3n) is 4.26. The van der Waals surface area contributed by atoms with E-state index in [1.54, 1.807) is 6.07 Å². The van der Waals surface area contributed by atoms with E-state index in [1.165, 1.54) is 19.2 Å². The Bertz CT molecular complexity index is 506. The Morgan fingerprint density at radius 2 is 1.95 bits per heavy atom. The van der Waals surface area contributed by atoms with Gasteiger partial charge in [-0.2, -0.15) is 0 Å². The number of esters is 1. The molecule has 2 saturated heterocycles. The highest BCUT2D eigenvalue weighted by Gasteiger charge is 2.66. The number of hydrogen-bond acceptors (Lipinski definition) is 4. The summed E-state index contributed by atoms with van der Waals surface area (Å²) in [6.07, 6.45) is 0. The first-order chi connectivity index (χ1) is 9.14. The van der Waals surface area contributed by atoms with Gasteiger partial charge in [0.05, 0.1) is 39.0 Å². The van der Waals surface area contributed by atoms with E-state index in [0.717, 1.165) is 5.56 Å². The smallest absolute Gasteiger partial charge is 0.317 e. The van der Waals surface area contributed by atoms with Crippen molar-refractivity contribution in [1.82, 2.24) is 0 Å². The minimum absolute atomic E-state index is 0.291. The van der Waals surface area contributed by atoms with Gasteiger partial charge in [-0.25, -0.2) is 4.39 Å². The molecule has 0 unspecified atom stereocenters. The van der Waals surface area contributed by atoms with Gasteiger partial charge in [0.25, 0.3) is 0 Å². The molecule has 0 radical (unpaired) electrons. The summed E-state index contributed by atoms with van der Waals surface area (Å²) < 4.78 is 29.0. The van der Waals surface area contributed by atoms with Crippen LogP contribution in [0.1, 0.15) is 5.56 Å². The zero-order chi connectivity index (χ0) is 13.5. The maximum Gasteiger partial charge on any atom is 0.317 e. The Balaban J connectivity index is 2.06. The van der Waals surface area contributed by atoms with Gasteiger partial charge >= 0.3 is 5.97 Å². The van der Waals surface area contributed by atoms with Gasteiger partial charge in [-0.1, -0.05) is 12.1 Å². The van der Waals surface area contributed by atoms with Crippen LogP contribution in [0, 0.1) is 11.2 Å². The van der Waals surface area contributed by atoms with E-state index in [9.17, 15) is 9.18 Å². The lowest BCUT2D eigenvalue weighted by Gasteiger charge is -2.57. The quantitative estimate of drug-likeness (QED) is 0.773. The number of benzene rings is 1. The van der Waals surface area contributed by atoms with E-state index in [-0.39, 0.29) is 11.8 Å². The minimum Gasteiger partial charge on any atom is -0.468 e. The lowest BCUT2D eigenvalue weighted by atomic mass is 9.57. The average molecular weight is 266 g/mol. The van der Waals surface area contributed by atoms with E-state index in [4.69, 9.17) is 14.2 Å². The molecule has 2 heterocycles. The number of carbonyl (C=O) groups is 1. The van der Waals surface area contributed by atoms with Crippen molar-refractivity contribution in [2.24, 2.45) is 5.41 Å². The Kier molecular flexibility index (Phi) is 2.83. The van der Waals surface area contributed by atoms with Crippen molar-refractivity contribution in [2.45, 2.75) is 5.41 Å². The lowest BCUT2D eigenvalue weighted by Crippen LogP contribution is -2.70. The van der Waals surface area contributed by atoms with Gasteiger partial charge < -0.3 is 14.2 Å². The number of carbonyl (C=O) groups excluding carboxylic acids is 1. The van der Waals surface area contributed by atoms with Crippen LogP contribution in [0.2, 0.25) is 0 Å². The first-order valence-electron chi connectivity index (χ1n) is 6.15. The molecule has 102 valence electrons. The third-order valence-corrected chi connectivity index (χ3v) is 4.26. The fraction of sp³-hybridized carbons (Fsp3) is 0.500. The molecule has 4 nitrogen and oxygen atoms in total. The first kappa shape index (κ1) is 12.6. The molecular formula is C14H15FO4. The van der Waals surface area contributed by atoms with E-state index in [2.05, 4.69) is 0 Å². The highest BCUT2D eigenvalue weighted by atomic mass is 19.1. The van der Waals surface area contributed by atoms with Gasteiger partial charge in [-0.3, -0.25) is 4.79 Å². The van der Waals surface area contributed by atoms with E-state index >= 15 is 0 Å². The van der Waals surface area contributed by atoms with Crippen molar-refractivity contribution in [3.05, 3.63) is 35.6 Å². The fourth-order valence-electron chi connectivity index (χ4n) is 2.90. The summed E-state index contributed by atoms with van der Waals surface area (Å²) in [4.78, 5) is 12.2. The molecule has 0 aliphatic carbocycles. The molecule has 0 aromatic heterocycles. The molecule has 0 spiro atoms. The van der Waals surface area contributed by atoms with Gasteiger partial charge in [0.2, 0.25) is 0 Å². The van der Waals surface area contributed by atoms with Crippen molar-refractivity contribution >= 4 is 5.97 Å². The number of halogens is 1. The monoisotopic (exact) mass is 266 g/mol. The van der Waals surface area contributed by atoms with Crippen LogP contribution >= 0.6 is 0 Å². The zero-order valence-corrected chi connectivity index (χ0v) is 10.6. The molecule has 2 aliphatic heterocycles. The van der Waals surface area contributed by atoms with E-state index in [0.29, 0.717) is 26.4 Å². The van der Waals surface area contributed by atoms with E-state index < -0.39 is 10.8 Å². The Morgan fingerprint density at radius 3 is 2.37 bits per heavy atom. The third kappa shape index (κ3) is 1.55. The van der Waals surface area contributed by atoms with Crippen LogP contribution < -0.4 is 0 Å². The predicted octanol–water partition coefficient (Wildman–Crippen LogP) is 1.28. The predicted molar refractivity (Wildman–Crippen MR) is 64.2 cm³/mol. The summed E-state index contributed by atoms with van der Waals surface area (Å²) in [6, 6.07) is 6.33. The van der Waals surface area contributed by atoms with E-state index in [1.807, 2.05) is 6.07 Å². The molecule has 0 saturated carbocycles. The Hall–Kier alpha value is -1.46. The van der Waals surface area contributed by atoms with Crippen molar-refractivity contribution in [3.63, 3.8) is 0 Å². The summed E-state index contributed by atoms with van der Waals surface area (Å²) in [6.45, 7) is 1.35. The number of methoxy groups -OCH3 is 1. The summed E-state index contributed by atoms with van der Waals surface area (Å²) in [5.41, 5.74) is -0.527. The second kappa shape index (κ2) is 4.28. The molecule has 1 aromatic carbocycles. The minimum atomic E-state index is -0.756. The van der Waals surface area contributed by atoms with Crippen molar-refractivity contribution in [1.29, 1.82) is 0 Å². The average Bonchev–Trinajstić information content (AvgIpc) is 2.30. The summed E-state index contributed by atoms with van der Waals surface area (Å²) in [7, 11) is 1.36. The molecule has 0 bridgehead atoms. The zero-order valence-electron chi connectivity index (χ0n) is 10.6. The highest BCUT2D eigenvalue weighted by Crippen LogP contribution is 2.52. The maximum absolute atomic E-state index is 13.5. The molecule has 0 atom stereocenters. The highest BCUT2D eigenvalue weighted by molar-refractivity contribution is 5.81. The number of rotatable bonds is 3. The number of hydrogen-bond donors (Lipinski definition) is 0. The van der Waals surface area contributed by atoms with Gasteiger partial charge in [-0.05, 0) is 17.7 Å². The molecule has 19 heavy (non-hydrogen) atoms. The van der Waals surface area contributed by atoms with Crippen LogP contribution in [-0.4, -0.2) is 39.5 Å². The Labute approximate surface area is 110 Å². The van der Waals surface area contributed by atoms with Crippen molar-refractivity contribution in [2.75, 3.05) is 33.5 Å². The number of ether oxygens (including phenoxy) is 3. The van der Waals surface area contributed by atoms with Crippen LogP contribution in [0.4, 0.5) is 4.39 Å². The second-order valence-corrected chi connectivity index (χ2v) is 5.15. The molecule has 1 aromatic rings. The van der Waals surface area contributed by atoms with Crippen molar-refractivity contribution in [3.8, 4) is 0 Å². The largest absolute Gasteiger partial charge is 0.468 e. The van der Waals surface area contributed by atoms with Crippen molar-refractivity contribution < 1.29 is 23.4 Å². The molecule has 0 amide bonds.